The van der Waals surface area contributed by atoms with Crippen molar-refractivity contribution in [3.8, 4) is 0 Å². The van der Waals surface area contributed by atoms with Gasteiger partial charge in [0.1, 0.15) is 41.2 Å². The molecule has 0 aromatic carbocycles. The normalized spacial score (nSPS) is 18.6. The fraction of sp³-hybridized carbons (Fsp3) is 0.360. The first kappa shape index (κ1) is 32.2. The summed E-state index contributed by atoms with van der Waals surface area (Å²) >= 11 is 2.29. The molecule has 2 aromatic rings. The Morgan fingerprint density at radius 1 is 1.32 bits per heavy atom. The van der Waals surface area contributed by atoms with Gasteiger partial charge in [0.25, 0.3) is 24.0 Å². The number of oxime groups is 1. The van der Waals surface area contributed by atoms with Gasteiger partial charge in [0.15, 0.2) is 10.8 Å². The number of nitrogen functional groups attached to an aromatic ring is 2. The zero-order valence-electron chi connectivity index (χ0n) is 23.6. The first-order valence-corrected chi connectivity index (χ1v) is 14.9. The minimum atomic E-state index is -1.77. The summed E-state index contributed by atoms with van der Waals surface area (Å²) in [4.78, 5) is 64.4. The van der Waals surface area contributed by atoms with Crippen LogP contribution < -0.4 is 32.4 Å². The number of nitrogens with zero attached hydrogens (tertiary/aromatic N) is 5. The number of carboxylic acid groups (broad SMARTS) is 2. The Kier molecular flexibility index (Phi) is 9.70. The Hall–Kier alpha value is -4.75. The van der Waals surface area contributed by atoms with Crippen molar-refractivity contribution in [1.29, 1.82) is 0 Å². The van der Waals surface area contributed by atoms with E-state index in [1.807, 2.05) is 0 Å². The molecule has 0 bridgehead atoms. The molecule has 2 aromatic heterocycles. The summed E-state index contributed by atoms with van der Waals surface area (Å²) in [6.45, 7) is 3.74. The number of hydrogen-bond donors (Lipinski definition) is 7. The highest BCUT2D eigenvalue weighted by molar-refractivity contribution is 8.00. The molecule has 4 heterocycles. The lowest BCUT2D eigenvalue weighted by Crippen LogP contribution is -2.71. The Labute approximate surface area is 258 Å². The number of nitrogens with two attached hydrogens (primary N) is 3. The van der Waals surface area contributed by atoms with Gasteiger partial charge in [-0.05, 0) is 30.5 Å². The van der Waals surface area contributed by atoms with Crippen LogP contribution in [0.3, 0.4) is 0 Å². The van der Waals surface area contributed by atoms with Crippen molar-refractivity contribution in [1.82, 2.24) is 20.2 Å². The first-order chi connectivity index (χ1) is 20.8. The molecule has 4 rings (SSSR count). The average molecular weight is 648 g/mol. The predicted molar refractivity (Wildman–Crippen MR) is 161 cm³/mol. The third-order valence-electron chi connectivity index (χ3n) is 6.36. The van der Waals surface area contributed by atoms with E-state index in [0.29, 0.717) is 36.7 Å². The van der Waals surface area contributed by atoms with E-state index in [2.05, 4.69) is 25.8 Å². The summed E-state index contributed by atoms with van der Waals surface area (Å²) in [5.41, 5.74) is 15.8. The minimum absolute atomic E-state index is 0.0149. The molecule has 2 aliphatic heterocycles. The monoisotopic (exact) mass is 647 g/mol. The number of anilines is 3. The largest absolute Gasteiger partial charge is 0.478 e. The number of fused-ring (bicyclic) bond motifs is 1. The molecule has 0 spiro atoms. The number of thiazole rings is 1. The number of amides is 2. The standard InChI is InChI=1S/C25H30N10O7S2/c1-25(2,23(40)41)42-33-15(14-10-44-24(28)31-14)19(36)32-16-20(37)35-17(22(38)39)12(9-43-21(16)35)4-3-7-34-8-13(29-6-5-26)18(27)30-11-34/h3-4,8,10-11,16,21,27,29H,5-7,9,26H2,1-2H3,(H5,28,31,32,36,38,39,40,41)/p+1/b4-3+,33-15-/t16-,21-/m1/s1. The van der Waals surface area contributed by atoms with E-state index in [1.165, 1.54) is 37.3 Å². The van der Waals surface area contributed by atoms with Crippen molar-refractivity contribution in [2.24, 2.45) is 10.9 Å². The number of hydrogen-bond acceptors (Lipinski definition) is 14. The van der Waals surface area contributed by atoms with Crippen LogP contribution in [0.4, 0.5) is 16.6 Å². The molecule has 234 valence electrons. The van der Waals surface area contributed by atoms with Gasteiger partial charge in [-0.25, -0.2) is 19.1 Å². The fourth-order valence-corrected chi connectivity index (χ4v) is 5.88. The van der Waals surface area contributed by atoms with Crippen molar-refractivity contribution < 1.29 is 38.8 Å². The van der Waals surface area contributed by atoms with Crippen LogP contribution in [0.2, 0.25) is 0 Å². The zero-order valence-corrected chi connectivity index (χ0v) is 25.2. The van der Waals surface area contributed by atoms with Crippen LogP contribution in [0.5, 0.6) is 0 Å². The van der Waals surface area contributed by atoms with Gasteiger partial charge in [-0.2, -0.15) is 0 Å². The van der Waals surface area contributed by atoms with Crippen molar-refractivity contribution in [2.45, 2.75) is 37.4 Å². The van der Waals surface area contributed by atoms with Crippen molar-refractivity contribution >= 4 is 69.2 Å². The van der Waals surface area contributed by atoms with Gasteiger partial charge in [0.05, 0.1) is 0 Å². The fourth-order valence-electron chi connectivity index (χ4n) is 4.01. The van der Waals surface area contributed by atoms with Crippen molar-refractivity contribution in [3.05, 3.63) is 47.0 Å². The molecule has 10 N–H and O–H groups in total. The summed E-state index contributed by atoms with van der Waals surface area (Å²) in [7, 11) is 0. The highest BCUT2D eigenvalue weighted by atomic mass is 32.2. The highest BCUT2D eigenvalue weighted by Crippen LogP contribution is 2.40. The van der Waals surface area contributed by atoms with Gasteiger partial charge in [-0.1, -0.05) is 11.2 Å². The second-order valence-corrected chi connectivity index (χ2v) is 11.9. The van der Waals surface area contributed by atoms with E-state index in [4.69, 9.17) is 22.0 Å². The topological polar surface area (TPSA) is 265 Å². The molecule has 2 atom stereocenters. The van der Waals surface area contributed by atoms with Gasteiger partial charge in [-0.3, -0.25) is 14.5 Å². The van der Waals surface area contributed by atoms with Crippen LogP contribution in [0.1, 0.15) is 19.5 Å². The van der Waals surface area contributed by atoms with E-state index < -0.39 is 46.5 Å². The quantitative estimate of drug-likeness (QED) is 0.0591. The second-order valence-electron chi connectivity index (χ2n) is 9.94. The van der Waals surface area contributed by atoms with Gasteiger partial charge in [-0.15, -0.1) is 23.1 Å². The Morgan fingerprint density at radius 2 is 2.07 bits per heavy atom. The summed E-state index contributed by atoms with van der Waals surface area (Å²) in [5.74, 6) is -3.59. The number of aliphatic carboxylic acids is 2. The maximum atomic E-state index is 13.2. The van der Waals surface area contributed by atoms with Crippen LogP contribution in [-0.2, 0) is 30.6 Å². The van der Waals surface area contributed by atoms with E-state index in [1.54, 1.807) is 22.9 Å². The van der Waals surface area contributed by atoms with E-state index in [0.717, 1.165) is 16.2 Å². The molecular weight excluding hydrogens is 616 g/mol. The lowest BCUT2D eigenvalue weighted by atomic mass is 10.0. The maximum Gasteiger partial charge on any atom is 0.352 e. The van der Waals surface area contributed by atoms with E-state index in [9.17, 15) is 29.4 Å². The molecule has 1 saturated heterocycles. The molecule has 17 nitrogen and oxygen atoms in total. The molecule has 1 fully saturated rings. The van der Waals surface area contributed by atoms with Crippen molar-refractivity contribution in [2.75, 3.05) is 35.6 Å². The molecule has 0 unspecified atom stereocenters. The Balaban J connectivity index is 1.49. The Morgan fingerprint density at radius 3 is 2.70 bits per heavy atom. The number of rotatable bonds is 13. The highest BCUT2D eigenvalue weighted by Gasteiger charge is 2.54. The number of carbonyl (C=O) groups is 4. The van der Waals surface area contributed by atoms with Crippen LogP contribution in [0.25, 0.3) is 0 Å². The maximum absolute atomic E-state index is 13.2. The SMILES string of the molecule is CC(C)(O/N=C(\C(=O)N[C@@H]1C(=O)N2C(C(=O)O)=C(/C=C/C[n+]3cnc(N)c(NCCN)c3)CS[C@H]12)c1csc(N)n1)C(=O)O. The number of carbonyl (C=O) groups excluding carboxylic acids is 2. The van der Waals surface area contributed by atoms with Gasteiger partial charge < -0.3 is 42.9 Å². The lowest BCUT2D eigenvalue weighted by Gasteiger charge is -2.49. The molecule has 44 heavy (non-hydrogen) atoms. The van der Waals surface area contributed by atoms with Gasteiger partial charge in [0.2, 0.25) is 5.60 Å². The smallest absolute Gasteiger partial charge is 0.352 e. The molecule has 19 heteroatoms. The van der Waals surface area contributed by atoms with E-state index in [-0.39, 0.29) is 22.3 Å². The van der Waals surface area contributed by atoms with Gasteiger partial charge in [0, 0.05) is 24.2 Å². The summed E-state index contributed by atoms with van der Waals surface area (Å²) < 4.78 is 1.74. The Bertz CT molecular complexity index is 1570. The number of thioether (sulfide) groups is 1. The summed E-state index contributed by atoms with van der Waals surface area (Å²) in [6, 6.07) is -1.09. The first-order valence-electron chi connectivity index (χ1n) is 13.0. The average Bonchev–Trinajstić information content (AvgIpc) is 3.40. The minimum Gasteiger partial charge on any atom is -0.478 e. The van der Waals surface area contributed by atoms with Crippen LogP contribution in [-0.4, -0.2) is 90.4 Å². The second kappa shape index (κ2) is 13.3. The van der Waals surface area contributed by atoms with Crippen LogP contribution >= 0.6 is 23.1 Å². The molecular formula is C25H31N10O7S2+. The van der Waals surface area contributed by atoms with Crippen molar-refractivity contribution in [3.63, 3.8) is 0 Å². The lowest BCUT2D eigenvalue weighted by molar-refractivity contribution is -0.689. The van der Waals surface area contributed by atoms with Crippen LogP contribution in [0.15, 0.2) is 46.5 Å². The summed E-state index contributed by atoms with van der Waals surface area (Å²) in [5, 5.41) is 29.5. The third kappa shape index (κ3) is 6.90. The molecule has 2 amide bonds. The molecule has 2 aliphatic rings. The number of aromatic nitrogens is 3. The number of nitrogens with one attached hydrogen (secondary N) is 2. The van der Waals surface area contributed by atoms with Gasteiger partial charge >= 0.3 is 11.9 Å². The third-order valence-corrected chi connectivity index (χ3v) is 8.33. The van der Waals surface area contributed by atoms with Crippen LogP contribution in [0, 0.1) is 0 Å². The molecule has 0 saturated carbocycles. The zero-order chi connectivity index (χ0) is 32.2. The number of allylic oxidation sites excluding steroid dienone is 2. The predicted octanol–water partition coefficient (Wildman–Crippen LogP) is -1.06. The number of β-lactam (4-membered cyclic amide) rings is 1. The number of carboxylic acids is 2. The molecule has 0 radical (unpaired) electrons. The van der Waals surface area contributed by atoms with E-state index >= 15 is 0 Å². The summed E-state index contributed by atoms with van der Waals surface area (Å²) in [6.07, 6.45) is 6.64. The molecule has 0 aliphatic carbocycles.